The molecule has 0 saturated heterocycles. The van der Waals surface area contributed by atoms with Crippen molar-refractivity contribution in [3.63, 3.8) is 0 Å². The van der Waals surface area contributed by atoms with Crippen LogP contribution < -0.4 is 0 Å². The molecule has 1 aromatic carbocycles. The lowest BCUT2D eigenvalue weighted by Crippen LogP contribution is -1.97. The van der Waals surface area contributed by atoms with E-state index >= 15 is 0 Å². The number of sulfone groups is 1. The highest BCUT2D eigenvalue weighted by Gasteiger charge is 2.12. The number of rotatable bonds is 3. The molecule has 0 saturated carbocycles. The Morgan fingerprint density at radius 2 is 2.14 bits per heavy atom. The summed E-state index contributed by atoms with van der Waals surface area (Å²) in [5.41, 5.74) is 0.948. The first-order valence-electron chi connectivity index (χ1n) is 4.35. The zero-order chi connectivity index (χ0) is 10.6. The van der Waals surface area contributed by atoms with Crippen LogP contribution in [0.5, 0.6) is 0 Å². The van der Waals surface area contributed by atoms with Crippen molar-refractivity contribution in [1.82, 2.24) is 0 Å². The molecule has 3 nitrogen and oxygen atoms in total. The van der Waals surface area contributed by atoms with Crippen LogP contribution in [0.25, 0.3) is 0 Å². The first-order chi connectivity index (χ1) is 6.60. The summed E-state index contributed by atoms with van der Waals surface area (Å²) in [6.45, 7) is 2.02. The van der Waals surface area contributed by atoms with Gasteiger partial charge in [-0.2, -0.15) is 5.26 Å². The average molecular weight is 209 g/mol. The Balaban J connectivity index is 3.14. The summed E-state index contributed by atoms with van der Waals surface area (Å²) in [6, 6.07) is 6.52. The van der Waals surface area contributed by atoms with Gasteiger partial charge in [-0.3, -0.25) is 0 Å². The number of hydrogen-bond acceptors (Lipinski definition) is 3. The minimum absolute atomic E-state index is 0.0888. The molecule has 0 spiro atoms. The highest BCUT2D eigenvalue weighted by Crippen LogP contribution is 2.13. The van der Waals surface area contributed by atoms with Crippen molar-refractivity contribution in [2.75, 3.05) is 0 Å². The Hall–Kier alpha value is -1.34. The highest BCUT2D eigenvalue weighted by molar-refractivity contribution is 7.95. The first-order valence-corrected chi connectivity index (χ1v) is 5.83. The molecule has 0 amide bonds. The summed E-state index contributed by atoms with van der Waals surface area (Å²) in [4.78, 5) is 0.0888. The fraction of sp³-hybridized carbons (Fsp3) is 0.300. The Morgan fingerprint density at radius 3 is 2.71 bits per heavy atom. The zero-order valence-corrected chi connectivity index (χ0v) is 8.71. The van der Waals surface area contributed by atoms with Gasteiger partial charge in [-0.05, 0) is 24.1 Å². The molecule has 0 atom stereocenters. The molecule has 1 aromatic rings. The molecule has 0 heterocycles. The maximum atomic E-state index is 11.2. The Kier molecular flexibility index (Phi) is 3.26. The molecular weight excluding hydrogens is 198 g/mol. The molecule has 0 fully saturated rings. The maximum Gasteiger partial charge on any atom is 0.269 e. The average Bonchev–Trinajstić information content (AvgIpc) is 2.19. The molecule has 4 heteroatoms. The molecule has 0 unspecified atom stereocenters. The SMILES string of the molecule is CCCc1cccc(S(=O)(=O)C#N)c1. The van der Waals surface area contributed by atoms with Crippen LogP contribution in [0.15, 0.2) is 29.2 Å². The van der Waals surface area contributed by atoms with Crippen LogP contribution in [0.3, 0.4) is 0 Å². The van der Waals surface area contributed by atoms with Crippen molar-refractivity contribution < 1.29 is 8.42 Å². The molecule has 74 valence electrons. The third-order valence-electron chi connectivity index (χ3n) is 1.87. The van der Waals surface area contributed by atoms with Crippen molar-refractivity contribution in [2.45, 2.75) is 24.7 Å². The summed E-state index contributed by atoms with van der Waals surface area (Å²) in [5, 5.41) is 9.73. The summed E-state index contributed by atoms with van der Waals surface area (Å²) >= 11 is 0. The molecule has 0 aromatic heterocycles. The quantitative estimate of drug-likeness (QED) is 0.564. The molecule has 0 aliphatic heterocycles. The van der Waals surface area contributed by atoms with Gasteiger partial charge in [0.25, 0.3) is 9.84 Å². The van der Waals surface area contributed by atoms with Gasteiger partial charge in [-0.25, -0.2) is 8.42 Å². The van der Waals surface area contributed by atoms with Crippen molar-refractivity contribution in [3.8, 4) is 5.40 Å². The second-order valence-electron chi connectivity index (χ2n) is 2.99. The van der Waals surface area contributed by atoms with E-state index in [0.717, 1.165) is 18.4 Å². The van der Waals surface area contributed by atoms with Crippen LogP contribution in [0, 0.1) is 10.7 Å². The van der Waals surface area contributed by atoms with Gasteiger partial charge in [0.2, 0.25) is 0 Å². The molecule has 1 rings (SSSR count). The van der Waals surface area contributed by atoms with E-state index in [9.17, 15) is 8.42 Å². The van der Waals surface area contributed by atoms with Gasteiger partial charge in [-0.15, -0.1) is 0 Å². The fourth-order valence-electron chi connectivity index (χ4n) is 1.21. The third-order valence-corrected chi connectivity index (χ3v) is 2.98. The normalized spacial score (nSPS) is 10.9. The lowest BCUT2D eigenvalue weighted by molar-refractivity contribution is 0.605. The first kappa shape index (κ1) is 10.7. The number of aryl methyl sites for hydroxylation is 1. The zero-order valence-electron chi connectivity index (χ0n) is 7.90. The van der Waals surface area contributed by atoms with Crippen LogP contribution in [0.1, 0.15) is 18.9 Å². The molecule has 14 heavy (non-hydrogen) atoms. The van der Waals surface area contributed by atoms with Crippen LogP contribution >= 0.6 is 0 Å². The highest BCUT2D eigenvalue weighted by atomic mass is 32.2. The number of nitrogens with zero attached hydrogens (tertiary/aromatic N) is 1. The van der Waals surface area contributed by atoms with Crippen molar-refractivity contribution in [1.29, 1.82) is 5.26 Å². The van der Waals surface area contributed by atoms with Gasteiger partial charge in [-0.1, -0.05) is 25.5 Å². The Labute approximate surface area is 83.9 Å². The van der Waals surface area contributed by atoms with Crippen molar-refractivity contribution >= 4 is 9.84 Å². The molecule has 0 aliphatic rings. The lowest BCUT2D eigenvalue weighted by Gasteiger charge is -2.00. The second-order valence-corrected chi connectivity index (χ2v) is 4.65. The summed E-state index contributed by atoms with van der Waals surface area (Å²) in [6.07, 6.45) is 1.78. The topological polar surface area (TPSA) is 57.9 Å². The van der Waals surface area contributed by atoms with E-state index < -0.39 is 9.84 Å². The number of thiocyanates is 1. The van der Waals surface area contributed by atoms with E-state index in [4.69, 9.17) is 5.26 Å². The molecule has 0 bridgehead atoms. The summed E-state index contributed by atoms with van der Waals surface area (Å²) < 4.78 is 22.4. The van der Waals surface area contributed by atoms with E-state index in [-0.39, 0.29) is 4.90 Å². The van der Waals surface area contributed by atoms with Crippen molar-refractivity contribution in [3.05, 3.63) is 29.8 Å². The minimum Gasteiger partial charge on any atom is -0.208 e. The molecular formula is C10H11NO2S. The van der Waals surface area contributed by atoms with Gasteiger partial charge < -0.3 is 0 Å². The minimum atomic E-state index is -3.73. The predicted molar refractivity (Wildman–Crippen MR) is 53.2 cm³/mol. The smallest absolute Gasteiger partial charge is 0.208 e. The molecule has 0 aliphatic carbocycles. The van der Waals surface area contributed by atoms with Crippen LogP contribution in [0.4, 0.5) is 0 Å². The number of hydrogen-bond donors (Lipinski definition) is 0. The Morgan fingerprint density at radius 1 is 1.43 bits per heavy atom. The van der Waals surface area contributed by atoms with Gasteiger partial charge in [0.05, 0.1) is 4.90 Å². The molecule has 0 radical (unpaired) electrons. The van der Waals surface area contributed by atoms with Gasteiger partial charge in [0, 0.05) is 0 Å². The van der Waals surface area contributed by atoms with Gasteiger partial charge >= 0.3 is 0 Å². The standard InChI is InChI=1S/C10H11NO2S/c1-2-4-9-5-3-6-10(7-9)14(12,13)8-11/h3,5-7H,2,4H2,1H3. The van der Waals surface area contributed by atoms with Crippen LogP contribution in [-0.2, 0) is 16.3 Å². The third kappa shape index (κ3) is 2.33. The maximum absolute atomic E-state index is 11.2. The summed E-state index contributed by atoms with van der Waals surface area (Å²) in [5.74, 6) is 0. The molecule has 0 N–H and O–H groups in total. The van der Waals surface area contributed by atoms with E-state index in [0.29, 0.717) is 0 Å². The fourth-order valence-corrected chi connectivity index (χ4v) is 1.88. The predicted octanol–water partition coefficient (Wildman–Crippen LogP) is 1.89. The van der Waals surface area contributed by atoms with Crippen LogP contribution in [0.2, 0.25) is 0 Å². The monoisotopic (exact) mass is 209 g/mol. The van der Waals surface area contributed by atoms with E-state index in [1.807, 2.05) is 13.0 Å². The Bertz CT molecular complexity index is 457. The van der Waals surface area contributed by atoms with Crippen LogP contribution in [-0.4, -0.2) is 8.42 Å². The van der Waals surface area contributed by atoms with Gasteiger partial charge in [0.15, 0.2) is 5.40 Å². The summed E-state index contributed by atoms with van der Waals surface area (Å²) in [7, 11) is -3.73. The number of benzene rings is 1. The van der Waals surface area contributed by atoms with E-state index in [1.165, 1.54) is 11.5 Å². The van der Waals surface area contributed by atoms with E-state index in [2.05, 4.69) is 0 Å². The largest absolute Gasteiger partial charge is 0.269 e. The van der Waals surface area contributed by atoms with Crippen molar-refractivity contribution in [2.24, 2.45) is 0 Å². The van der Waals surface area contributed by atoms with E-state index in [1.54, 1.807) is 12.1 Å². The van der Waals surface area contributed by atoms with Gasteiger partial charge in [0.1, 0.15) is 0 Å². The number of nitriles is 1. The lowest BCUT2D eigenvalue weighted by atomic mass is 10.1. The second kappa shape index (κ2) is 4.25.